The van der Waals surface area contributed by atoms with Crippen molar-refractivity contribution in [1.29, 1.82) is 0 Å². The first-order valence-corrected chi connectivity index (χ1v) is 8.07. The fourth-order valence-corrected chi connectivity index (χ4v) is 4.06. The number of nitrogens with zero attached hydrogens (tertiary/aromatic N) is 1. The van der Waals surface area contributed by atoms with E-state index in [-0.39, 0.29) is 12.1 Å². The first kappa shape index (κ1) is 14.6. The maximum atomic E-state index is 12.8. The van der Waals surface area contributed by atoms with Gasteiger partial charge in [0.05, 0.1) is 6.54 Å². The predicted octanol–water partition coefficient (Wildman–Crippen LogP) is 3.18. The molecule has 0 aromatic heterocycles. The lowest BCUT2D eigenvalue weighted by Gasteiger charge is -2.44. The molecule has 1 N–H and O–H groups in total. The normalized spacial score (nSPS) is 34.4. The second-order valence-electron chi connectivity index (χ2n) is 6.86. The Morgan fingerprint density at radius 3 is 2.25 bits per heavy atom. The highest BCUT2D eigenvalue weighted by atomic mass is 19.4. The fourth-order valence-electron chi connectivity index (χ4n) is 4.06. The van der Waals surface area contributed by atoms with Crippen LogP contribution >= 0.6 is 0 Å². The van der Waals surface area contributed by atoms with Gasteiger partial charge in [0.25, 0.3) is 0 Å². The van der Waals surface area contributed by atoms with Crippen molar-refractivity contribution >= 4 is 0 Å². The number of alkyl halides is 3. The molecule has 0 spiro atoms. The molecule has 0 amide bonds. The molecule has 0 aromatic carbocycles. The van der Waals surface area contributed by atoms with Crippen molar-refractivity contribution in [3.05, 3.63) is 0 Å². The molecule has 5 heteroatoms. The Labute approximate surface area is 119 Å². The third-order valence-corrected chi connectivity index (χ3v) is 5.26. The van der Waals surface area contributed by atoms with Gasteiger partial charge < -0.3 is 5.32 Å². The van der Waals surface area contributed by atoms with Crippen molar-refractivity contribution in [3.63, 3.8) is 0 Å². The summed E-state index contributed by atoms with van der Waals surface area (Å²) in [7, 11) is 0. The molecule has 2 atom stereocenters. The molecule has 0 bridgehead atoms. The van der Waals surface area contributed by atoms with E-state index in [0.29, 0.717) is 18.4 Å². The summed E-state index contributed by atoms with van der Waals surface area (Å²) >= 11 is 0. The highest BCUT2D eigenvalue weighted by molar-refractivity contribution is 4.97. The summed E-state index contributed by atoms with van der Waals surface area (Å²) < 4.78 is 38.4. The monoisotopic (exact) mass is 290 g/mol. The zero-order valence-corrected chi connectivity index (χ0v) is 12.0. The number of rotatable bonds is 3. The Balaban J connectivity index is 1.62. The number of hydrogen-bond donors (Lipinski definition) is 1. The van der Waals surface area contributed by atoms with Gasteiger partial charge in [-0.25, -0.2) is 0 Å². The Bertz CT molecular complexity index is 322. The van der Waals surface area contributed by atoms with Crippen LogP contribution in [0, 0.1) is 11.8 Å². The van der Waals surface area contributed by atoms with E-state index < -0.39 is 12.7 Å². The van der Waals surface area contributed by atoms with Gasteiger partial charge in [0.15, 0.2) is 0 Å². The maximum absolute atomic E-state index is 12.8. The summed E-state index contributed by atoms with van der Waals surface area (Å²) in [6.07, 6.45) is 4.30. The largest absolute Gasteiger partial charge is 0.401 e. The van der Waals surface area contributed by atoms with Gasteiger partial charge in [0.1, 0.15) is 0 Å². The minimum absolute atomic E-state index is 0.108. The van der Waals surface area contributed by atoms with Gasteiger partial charge in [-0.2, -0.15) is 13.2 Å². The highest BCUT2D eigenvalue weighted by Gasteiger charge is 2.44. The number of nitrogens with one attached hydrogen (secondary N) is 1. The molecule has 1 saturated heterocycles. The third-order valence-electron chi connectivity index (χ3n) is 5.26. The van der Waals surface area contributed by atoms with Crippen molar-refractivity contribution in [3.8, 4) is 0 Å². The fraction of sp³-hybridized carbons (Fsp3) is 1.00. The minimum atomic E-state index is -4.07. The highest BCUT2D eigenvalue weighted by Crippen LogP contribution is 2.38. The second-order valence-corrected chi connectivity index (χ2v) is 6.86. The predicted molar refractivity (Wildman–Crippen MR) is 72.5 cm³/mol. The van der Waals surface area contributed by atoms with E-state index >= 15 is 0 Å². The lowest BCUT2D eigenvalue weighted by molar-refractivity contribution is -0.156. The van der Waals surface area contributed by atoms with Crippen molar-refractivity contribution < 1.29 is 13.2 Å². The quantitative estimate of drug-likeness (QED) is 0.859. The zero-order chi connectivity index (χ0) is 14.2. The topological polar surface area (TPSA) is 15.3 Å². The average molecular weight is 290 g/mol. The standard InChI is InChI=1S/C15H25F3N2/c16-15(17,18)10-20-9-13(11-4-2-1-3-5-11)19-8-14(20)12-6-7-12/h11-14,19H,1-10H2. The van der Waals surface area contributed by atoms with Crippen LogP contribution in [0.3, 0.4) is 0 Å². The van der Waals surface area contributed by atoms with Gasteiger partial charge >= 0.3 is 6.18 Å². The molecule has 1 aliphatic heterocycles. The van der Waals surface area contributed by atoms with E-state index in [1.54, 1.807) is 4.90 Å². The Morgan fingerprint density at radius 2 is 1.65 bits per heavy atom. The third kappa shape index (κ3) is 3.67. The number of hydrogen-bond acceptors (Lipinski definition) is 2. The summed E-state index contributed by atoms with van der Waals surface area (Å²) in [5.41, 5.74) is 0. The first-order chi connectivity index (χ1) is 9.53. The Kier molecular flexibility index (Phi) is 4.27. The molecule has 20 heavy (non-hydrogen) atoms. The molecule has 2 saturated carbocycles. The summed E-state index contributed by atoms with van der Waals surface area (Å²) in [5, 5.41) is 3.57. The van der Waals surface area contributed by atoms with Crippen LogP contribution in [0.25, 0.3) is 0 Å². The van der Waals surface area contributed by atoms with Crippen LogP contribution in [0.15, 0.2) is 0 Å². The Hall–Kier alpha value is -0.290. The summed E-state index contributed by atoms with van der Waals surface area (Å²) in [6, 6.07) is 0.379. The van der Waals surface area contributed by atoms with Crippen LogP contribution in [-0.4, -0.2) is 42.8 Å². The molecule has 2 aliphatic carbocycles. The SMILES string of the molecule is FC(F)(F)CN1CC(C2CCCCC2)NCC1C1CC1. The lowest BCUT2D eigenvalue weighted by Crippen LogP contribution is -2.61. The molecule has 3 rings (SSSR count). The molecule has 2 unspecified atom stereocenters. The molecule has 0 aromatic rings. The van der Waals surface area contributed by atoms with E-state index in [9.17, 15) is 13.2 Å². The first-order valence-electron chi connectivity index (χ1n) is 8.07. The molecule has 3 aliphatic rings. The average Bonchev–Trinajstić information content (AvgIpc) is 3.22. The zero-order valence-electron chi connectivity index (χ0n) is 12.0. The van der Waals surface area contributed by atoms with Crippen molar-refractivity contribution in [1.82, 2.24) is 10.2 Å². The second kappa shape index (κ2) is 5.84. The molecule has 1 heterocycles. The van der Waals surface area contributed by atoms with Crippen LogP contribution in [-0.2, 0) is 0 Å². The van der Waals surface area contributed by atoms with Crippen LogP contribution in [0.1, 0.15) is 44.9 Å². The minimum Gasteiger partial charge on any atom is -0.311 e. The molecular weight excluding hydrogens is 265 g/mol. The molecule has 0 radical (unpaired) electrons. The van der Waals surface area contributed by atoms with Crippen LogP contribution < -0.4 is 5.32 Å². The van der Waals surface area contributed by atoms with E-state index in [0.717, 1.165) is 19.4 Å². The van der Waals surface area contributed by atoms with Crippen LogP contribution in [0.5, 0.6) is 0 Å². The van der Waals surface area contributed by atoms with Gasteiger partial charge in [0, 0.05) is 25.2 Å². The van der Waals surface area contributed by atoms with E-state index in [1.165, 1.54) is 32.1 Å². The summed E-state index contributed by atoms with van der Waals surface area (Å²) in [4.78, 5) is 1.73. The molecule has 2 nitrogen and oxygen atoms in total. The smallest absolute Gasteiger partial charge is 0.311 e. The van der Waals surface area contributed by atoms with Gasteiger partial charge in [-0.3, -0.25) is 4.90 Å². The summed E-state index contributed by atoms with van der Waals surface area (Å²) in [5.74, 6) is 1.08. The van der Waals surface area contributed by atoms with E-state index in [1.807, 2.05) is 0 Å². The van der Waals surface area contributed by atoms with Gasteiger partial charge in [0.2, 0.25) is 0 Å². The number of piperazine rings is 1. The molecule has 3 fully saturated rings. The lowest BCUT2D eigenvalue weighted by atomic mass is 9.82. The van der Waals surface area contributed by atoms with Crippen molar-refractivity contribution in [2.45, 2.75) is 63.2 Å². The molecular formula is C15H25F3N2. The van der Waals surface area contributed by atoms with E-state index in [2.05, 4.69) is 5.32 Å². The van der Waals surface area contributed by atoms with Crippen LogP contribution in [0.4, 0.5) is 13.2 Å². The van der Waals surface area contributed by atoms with E-state index in [4.69, 9.17) is 0 Å². The summed E-state index contributed by atoms with van der Waals surface area (Å²) in [6.45, 7) is 0.617. The maximum Gasteiger partial charge on any atom is 0.401 e. The molecule has 116 valence electrons. The van der Waals surface area contributed by atoms with Gasteiger partial charge in [-0.15, -0.1) is 0 Å². The van der Waals surface area contributed by atoms with Gasteiger partial charge in [-0.1, -0.05) is 19.3 Å². The van der Waals surface area contributed by atoms with Crippen LogP contribution in [0.2, 0.25) is 0 Å². The Morgan fingerprint density at radius 1 is 0.950 bits per heavy atom. The van der Waals surface area contributed by atoms with Gasteiger partial charge in [-0.05, 0) is 37.5 Å². The van der Waals surface area contributed by atoms with Crippen molar-refractivity contribution in [2.24, 2.45) is 11.8 Å². The van der Waals surface area contributed by atoms with Crippen molar-refractivity contribution in [2.75, 3.05) is 19.6 Å². The number of halogens is 3.